The third-order valence-corrected chi connectivity index (χ3v) is 4.62. The molecule has 0 aliphatic rings. The molecule has 0 aliphatic carbocycles. The van der Waals surface area contributed by atoms with Gasteiger partial charge in [-0.15, -0.1) is 0 Å². The highest BCUT2D eigenvalue weighted by molar-refractivity contribution is 5.90. The molecule has 0 bridgehead atoms. The van der Waals surface area contributed by atoms with Crippen molar-refractivity contribution in [3.8, 4) is 17.6 Å². The van der Waals surface area contributed by atoms with Gasteiger partial charge >= 0.3 is 5.97 Å². The number of imidazole rings is 1. The molecule has 0 saturated heterocycles. The van der Waals surface area contributed by atoms with Crippen LogP contribution in [0.15, 0.2) is 30.3 Å². The lowest BCUT2D eigenvalue weighted by atomic mass is 10.1. The second-order valence-electron chi connectivity index (χ2n) is 6.71. The lowest BCUT2D eigenvalue weighted by molar-refractivity contribution is -0.145. The maximum atomic E-state index is 11.6. The number of benzene rings is 2. The van der Waals surface area contributed by atoms with Crippen molar-refractivity contribution in [2.45, 2.75) is 20.8 Å². The summed E-state index contributed by atoms with van der Waals surface area (Å²) in [6, 6.07) is 11.4. The third-order valence-electron chi connectivity index (χ3n) is 4.62. The Labute approximate surface area is 174 Å². The fraction of sp³-hybridized carbons (Fsp3) is 0.261. The van der Waals surface area contributed by atoms with Gasteiger partial charge in [0.1, 0.15) is 11.9 Å². The van der Waals surface area contributed by atoms with Crippen LogP contribution >= 0.6 is 0 Å². The van der Waals surface area contributed by atoms with Gasteiger partial charge < -0.3 is 19.2 Å². The summed E-state index contributed by atoms with van der Waals surface area (Å²) in [6.07, 6.45) is 1.70. The number of hydrogen-bond acceptors (Lipinski definition) is 6. The molecule has 1 aromatic heterocycles. The van der Waals surface area contributed by atoms with E-state index in [1.54, 1.807) is 31.2 Å². The highest BCUT2D eigenvalue weighted by Gasteiger charge is 2.12. The third kappa shape index (κ3) is 4.61. The van der Waals surface area contributed by atoms with E-state index in [0.717, 1.165) is 22.2 Å². The number of methoxy groups -OCH3 is 1. The number of rotatable bonds is 7. The summed E-state index contributed by atoms with van der Waals surface area (Å²) in [5, 5.41) is 9.68. The van der Waals surface area contributed by atoms with Crippen molar-refractivity contribution in [3.63, 3.8) is 0 Å². The van der Waals surface area contributed by atoms with Crippen molar-refractivity contribution < 1.29 is 19.0 Å². The molecule has 7 heteroatoms. The topological polar surface area (TPSA) is 97.2 Å². The molecule has 154 valence electrons. The largest absolute Gasteiger partial charge is 0.493 e. The minimum atomic E-state index is -0.467. The average molecular weight is 405 g/mol. The van der Waals surface area contributed by atoms with Crippen LogP contribution in [-0.2, 0) is 9.53 Å². The number of carbonyl (C=O) groups is 1. The predicted octanol–water partition coefficient (Wildman–Crippen LogP) is 4.19. The number of nitrogens with one attached hydrogen (secondary N) is 1. The Balaban J connectivity index is 1.92. The molecule has 1 N–H and O–H groups in total. The van der Waals surface area contributed by atoms with Gasteiger partial charge in [0, 0.05) is 0 Å². The number of aromatic amines is 1. The van der Waals surface area contributed by atoms with E-state index in [4.69, 9.17) is 14.2 Å². The second kappa shape index (κ2) is 9.14. The maximum Gasteiger partial charge on any atom is 0.344 e. The molecule has 3 aromatic rings. The van der Waals surface area contributed by atoms with Gasteiger partial charge in [-0.1, -0.05) is 6.07 Å². The van der Waals surface area contributed by atoms with E-state index in [2.05, 4.69) is 16.0 Å². The Kier molecular flexibility index (Phi) is 6.38. The van der Waals surface area contributed by atoms with Crippen molar-refractivity contribution >= 4 is 28.7 Å². The number of ether oxygens (including phenoxy) is 3. The normalized spacial score (nSPS) is 11.2. The van der Waals surface area contributed by atoms with Crippen LogP contribution in [0, 0.1) is 25.2 Å². The number of fused-ring (bicyclic) bond motifs is 1. The number of H-pyrrole nitrogens is 1. The number of nitrogens with zero attached hydrogens (tertiary/aromatic N) is 2. The molecular weight excluding hydrogens is 382 g/mol. The van der Waals surface area contributed by atoms with Crippen LogP contribution in [-0.4, -0.2) is 36.3 Å². The summed E-state index contributed by atoms with van der Waals surface area (Å²) < 4.78 is 15.7. The van der Waals surface area contributed by atoms with Crippen LogP contribution in [0.25, 0.3) is 22.7 Å². The van der Waals surface area contributed by atoms with E-state index < -0.39 is 5.97 Å². The summed E-state index contributed by atoms with van der Waals surface area (Å²) in [5.74, 6) is 0.880. The van der Waals surface area contributed by atoms with Gasteiger partial charge in [-0.3, -0.25) is 0 Å². The van der Waals surface area contributed by atoms with Gasteiger partial charge in [0.25, 0.3) is 0 Å². The molecule has 0 spiro atoms. The molecule has 0 saturated carbocycles. The molecule has 1 heterocycles. The van der Waals surface area contributed by atoms with E-state index in [9.17, 15) is 10.1 Å². The Bertz CT molecular complexity index is 1120. The predicted molar refractivity (Wildman–Crippen MR) is 114 cm³/mol. The second-order valence-corrected chi connectivity index (χ2v) is 6.71. The Morgan fingerprint density at radius 1 is 1.20 bits per heavy atom. The summed E-state index contributed by atoms with van der Waals surface area (Å²) >= 11 is 0. The zero-order chi connectivity index (χ0) is 21.7. The van der Waals surface area contributed by atoms with E-state index in [0.29, 0.717) is 28.5 Å². The van der Waals surface area contributed by atoms with Crippen molar-refractivity contribution in [3.05, 3.63) is 52.8 Å². The first-order valence-corrected chi connectivity index (χ1v) is 9.50. The van der Waals surface area contributed by atoms with Crippen LogP contribution in [0.1, 0.15) is 29.4 Å². The van der Waals surface area contributed by atoms with Gasteiger partial charge in [-0.25, -0.2) is 9.78 Å². The summed E-state index contributed by atoms with van der Waals surface area (Å²) in [7, 11) is 1.52. The summed E-state index contributed by atoms with van der Waals surface area (Å²) in [6.45, 7) is 5.84. The fourth-order valence-electron chi connectivity index (χ4n) is 2.95. The van der Waals surface area contributed by atoms with Crippen LogP contribution in [0.2, 0.25) is 0 Å². The Morgan fingerprint density at radius 3 is 2.67 bits per heavy atom. The molecule has 0 fully saturated rings. The molecule has 30 heavy (non-hydrogen) atoms. The van der Waals surface area contributed by atoms with Gasteiger partial charge in [0.05, 0.1) is 30.3 Å². The van der Waals surface area contributed by atoms with Gasteiger partial charge in [-0.05, 0) is 67.8 Å². The Morgan fingerprint density at radius 2 is 1.97 bits per heavy atom. The van der Waals surface area contributed by atoms with Crippen molar-refractivity contribution in [1.82, 2.24) is 9.97 Å². The monoisotopic (exact) mass is 405 g/mol. The first-order chi connectivity index (χ1) is 14.4. The first-order valence-electron chi connectivity index (χ1n) is 9.50. The number of esters is 1. The standard InChI is InChI=1S/C23H23N3O4/c1-5-29-22(27)13-30-21-11-16(6-7-20(21)28-4)10-17(12-24)23-25-18-8-14(2)15(3)9-19(18)26-23/h6-11H,5,13H2,1-4H3,(H,25,26)/b17-10-. The van der Waals surface area contributed by atoms with Crippen LogP contribution in [0.5, 0.6) is 11.5 Å². The van der Waals surface area contributed by atoms with Gasteiger partial charge in [-0.2, -0.15) is 5.26 Å². The van der Waals surface area contributed by atoms with Gasteiger partial charge in [0.15, 0.2) is 18.1 Å². The van der Waals surface area contributed by atoms with Crippen LogP contribution in [0.4, 0.5) is 0 Å². The molecule has 0 amide bonds. The van der Waals surface area contributed by atoms with Crippen LogP contribution in [0.3, 0.4) is 0 Å². The number of allylic oxidation sites excluding steroid dienone is 1. The molecule has 0 aliphatic heterocycles. The lowest BCUT2D eigenvalue weighted by Gasteiger charge is -2.11. The quantitative estimate of drug-likeness (QED) is 0.467. The Hall–Kier alpha value is -3.79. The first kappa shape index (κ1) is 20.9. The molecular formula is C23H23N3O4. The average Bonchev–Trinajstić information content (AvgIpc) is 3.13. The van der Waals surface area contributed by atoms with Crippen molar-refractivity contribution in [1.29, 1.82) is 5.26 Å². The highest BCUT2D eigenvalue weighted by atomic mass is 16.6. The zero-order valence-corrected chi connectivity index (χ0v) is 17.4. The molecule has 0 atom stereocenters. The number of nitriles is 1. The number of hydrogen-bond donors (Lipinski definition) is 1. The molecule has 2 aromatic carbocycles. The zero-order valence-electron chi connectivity index (χ0n) is 17.4. The SMILES string of the molecule is CCOC(=O)COc1cc(/C=C(/C#N)c2nc3cc(C)c(C)cc3[nH]2)ccc1OC. The van der Waals surface area contributed by atoms with E-state index in [-0.39, 0.29) is 13.2 Å². The lowest BCUT2D eigenvalue weighted by Crippen LogP contribution is -2.14. The fourth-order valence-corrected chi connectivity index (χ4v) is 2.95. The summed E-state index contributed by atoms with van der Waals surface area (Å²) in [4.78, 5) is 19.3. The molecule has 3 rings (SSSR count). The minimum absolute atomic E-state index is 0.231. The van der Waals surface area contributed by atoms with Crippen LogP contribution < -0.4 is 9.47 Å². The molecule has 0 unspecified atom stereocenters. The van der Waals surface area contributed by atoms with Gasteiger partial charge in [0.2, 0.25) is 0 Å². The van der Waals surface area contributed by atoms with E-state index in [1.165, 1.54) is 7.11 Å². The van der Waals surface area contributed by atoms with Crippen molar-refractivity contribution in [2.24, 2.45) is 0 Å². The van der Waals surface area contributed by atoms with E-state index >= 15 is 0 Å². The van der Waals surface area contributed by atoms with Crippen molar-refractivity contribution in [2.75, 3.05) is 20.3 Å². The number of aromatic nitrogens is 2. The minimum Gasteiger partial charge on any atom is -0.493 e. The smallest absolute Gasteiger partial charge is 0.344 e. The van der Waals surface area contributed by atoms with E-state index in [1.807, 2.05) is 26.0 Å². The highest BCUT2D eigenvalue weighted by Crippen LogP contribution is 2.30. The number of aryl methyl sites for hydroxylation is 2. The molecule has 0 radical (unpaired) electrons. The summed E-state index contributed by atoms with van der Waals surface area (Å²) in [5.41, 5.74) is 5.06. The number of carbonyl (C=O) groups excluding carboxylic acids is 1. The molecule has 7 nitrogen and oxygen atoms in total. The maximum absolute atomic E-state index is 11.6.